The Morgan fingerprint density at radius 2 is 2.20 bits per heavy atom. The van der Waals surface area contributed by atoms with Gasteiger partial charge in [0.2, 0.25) is 0 Å². The van der Waals surface area contributed by atoms with Gasteiger partial charge in [-0.05, 0) is 45.0 Å². The van der Waals surface area contributed by atoms with Crippen LogP contribution < -0.4 is 5.32 Å². The average Bonchev–Trinajstić information content (AvgIpc) is 3.00. The van der Waals surface area contributed by atoms with Crippen LogP contribution in [0.4, 0.5) is 0 Å². The lowest BCUT2D eigenvalue weighted by molar-refractivity contribution is 0.480. The number of aryl methyl sites for hydroxylation is 2. The third-order valence-electron chi connectivity index (χ3n) is 3.26. The summed E-state index contributed by atoms with van der Waals surface area (Å²) < 4.78 is 2.95. The molecule has 0 aromatic carbocycles. The van der Waals surface area contributed by atoms with E-state index in [2.05, 4.69) is 48.0 Å². The maximum atomic E-state index is 6.04. The summed E-state index contributed by atoms with van der Waals surface area (Å²) in [5, 5.41) is 8.19. The summed E-state index contributed by atoms with van der Waals surface area (Å²) in [5.41, 5.74) is 2.34. The molecule has 0 fully saturated rings. The molecule has 5 heteroatoms. The number of nitrogens with one attached hydrogen (secondary N) is 1. The zero-order chi connectivity index (χ0) is 14.5. The van der Waals surface area contributed by atoms with E-state index in [0.717, 1.165) is 36.0 Å². The van der Waals surface area contributed by atoms with Gasteiger partial charge in [-0.1, -0.05) is 18.5 Å². The summed E-state index contributed by atoms with van der Waals surface area (Å²) in [6, 6.07) is 6.57. The zero-order valence-corrected chi connectivity index (χ0v) is 13.9. The molecule has 3 nitrogen and oxygen atoms in total. The third kappa shape index (κ3) is 3.84. The van der Waals surface area contributed by atoms with Crippen LogP contribution in [0.2, 0.25) is 4.34 Å². The summed E-state index contributed by atoms with van der Waals surface area (Å²) >= 11 is 7.70. The zero-order valence-electron chi connectivity index (χ0n) is 12.3. The smallest absolute Gasteiger partial charge is 0.0931 e. The topological polar surface area (TPSA) is 29.9 Å². The Balaban J connectivity index is 2.21. The highest BCUT2D eigenvalue weighted by Crippen LogP contribution is 2.27. The Hall–Kier alpha value is -0.840. The highest BCUT2D eigenvalue weighted by Gasteiger charge is 2.17. The fraction of sp³-hybridized carbons (Fsp3) is 0.533. The van der Waals surface area contributed by atoms with Crippen LogP contribution in [0.3, 0.4) is 0 Å². The third-order valence-corrected chi connectivity index (χ3v) is 4.52. The second-order valence-corrected chi connectivity index (χ2v) is 6.74. The lowest BCUT2D eigenvalue weighted by atomic mass is 10.1. The minimum Gasteiger partial charge on any atom is -0.308 e. The van der Waals surface area contributed by atoms with Crippen molar-refractivity contribution < 1.29 is 0 Å². The van der Waals surface area contributed by atoms with Crippen molar-refractivity contribution in [2.24, 2.45) is 0 Å². The molecule has 0 spiro atoms. The number of halogens is 1. The molecule has 1 unspecified atom stereocenters. The first-order valence-electron chi connectivity index (χ1n) is 7.16. The van der Waals surface area contributed by atoms with E-state index in [-0.39, 0.29) is 0 Å². The number of rotatable bonds is 7. The van der Waals surface area contributed by atoms with E-state index in [1.807, 2.05) is 6.07 Å². The lowest BCUT2D eigenvalue weighted by Crippen LogP contribution is -2.26. The van der Waals surface area contributed by atoms with E-state index >= 15 is 0 Å². The van der Waals surface area contributed by atoms with Gasteiger partial charge in [-0.2, -0.15) is 5.10 Å². The van der Waals surface area contributed by atoms with Crippen molar-refractivity contribution in [3.63, 3.8) is 0 Å². The molecule has 0 aliphatic carbocycles. The van der Waals surface area contributed by atoms with Crippen molar-refractivity contribution in [2.45, 2.75) is 46.2 Å². The summed E-state index contributed by atoms with van der Waals surface area (Å²) in [6.07, 6.45) is 2.09. The number of hydrogen-bond acceptors (Lipinski definition) is 3. The molecule has 0 aliphatic rings. The van der Waals surface area contributed by atoms with Crippen LogP contribution in [-0.2, 0) is 13.0 Å². The molecule has 1 atom stereocenters. The van der Waals surface area contributed by atoms with Gasteiger partial charge in [0.25, 0.3) is 0 Å². The maximum absolute atomic E-state index is 6.04. The minimum absolute atomic E-state index is 0.297. The van der Waals surface area contributed by atoms with Crippen molar-refractivity contribution in [1.82, 2.24) is 15.1 Å². The van der Waals surface area contributed by atoms with E-state index < -0.39 is 0 Å². The van der Waals surface area contributed by atoms with Gasteiger partial charge < -0.3 is 5.32 Å². The number of nitrogens with zero attached hydrogens (tertiary/aromatic N) is 2. The van der Waals surface area contributed by atoms with Crippen LogP contribution in [0.15, 0.2) is 18.2 Å². The number of hydrogen-bond donors (Lipinski definition) is 1. The first-order valence-corrected chi connectivity index (χ1v) is 8.35. The summed E-state index contributed by atoms with van der Waals surface area (Å²) in [5.74, 6) is 0. The first-order chi connectivity index (χ1) is 9.63. The lowest BCUT2D eigenvalue weighted by Gasteiger charge is -2.19. The Morgan fingerprint density at radius 1 is 1.40 bits per heavy atom. The largest absolute Gasteiger partial charge is 0.308 e. The van der Waals surface area contributed by atoms with Gasteiger partial charge in [-0.3, -0.25) is 4.68 Å². The molecule has 0 radical (unpaired) electrons. The minimum atomic E-state index is 0.297. The van der Waals surface area contributed by atoms with E-state index in [1.165, 1.54) is 10.6 Å². The van der Waals surface area contributed by atoms with Gasteiger partial charge in [0.1, 0.15) is 0 Å². The predicted molar refractivity (Wildman–Crippen MR) is 86.7 cm³/mol. The van der Waals surface area contributed by atoms with Crippen LogP contribution in [0.25, 0.3) is 0 Å². The van der Waals surface area contributed by atoms with Crippen LogP contribution >= 0.6 is 22.9 Å². The predicted octanol–water partition coefficient (Wildman–Crippen LogP) is 4.21. The summed E-state index contributed by atoms with van der Waals surface area (Å²) in [7, 11) is 0. The molecule has 1 N–H and O–H groups in total. The second kappa shape index (κ2) is 7.25. The van der Waals surface area contributed by atoms with Gasteiger partial charge in [-0.25, -0.2) is 0 Å². The fourth-order valence-corrected chi connectivity index (χ4v) is 3.49. The molecule has 2 aromatic rings. The van der Waals surface area contributed by atoms with Gasteiger partial charge in [-0.15, -0.1) is 11.3 Å². The fourth-order valence-electron chi connectivity index (χ4n) is 2.36. The Kier molecular flexibility index (Phi) is 5.64. The van der Waals surface area contributed by atoms with Crippen LogP contribution in [-0.4, -0.2) is 16.3 Å². The molecule has 0 saturated heterocycles. The van der Waals surface area contributed by atoms with Crippen molar-refractivity contribution in [3.05, 3.63) is 38.8 Å². The van der Waals surface area contributed by atoms with Crippen LogP contribution in [0.1, 0.15) is 42.6 Å². The van der Waals surface area contributed by atoms with Crippen molar-refractivity contribution in [1.29, 1.82) is 0 Å². The van der Waals surface area contributed by atoms with Gasteiger partial charge in [0.05, 0.1) is 21.8 Å². The van der Waals surface area contributed by atoms with E-state index in [4.69, 9.17) is 11.6 Å². The first kappa shape index (κ1) is 15.5. The second-order valence-electron chi connectivity index (χ2n) is 4.94. The molecule has 0 aliphatic heterocycles. The van der Waals surface area contributed by atoms with Crippen molar-refractivity contribution >= 4 is 22.9 Å². The van der Waals surface area contributed by atoms with Gasteiger partial charge in [0, 0.05) is 17.8 Å². The summed E-state index contributed by atoms with van der Waals surface area (Å²) in [6.45, 7) is 8.29. The Labute approximate surface area is 130 Å². The van der Waals surface area contributed by atoms with E-state index in [0.29, 0.717) is 6.04 Å². The van der Waals surface area contributed by atoms with E-state index in [9.17, 15) is 0 Å². The molecule has 2 heterocycles. The molecule has 110 valence electrons. The number of aromatic nitrogens is 2. The summed E-state index contributed by atoms with van der Waals surface area (Å²) in [4.78, 5) is 1.31. The molecule has 0 amide bonds. The molecule has 2 rings (SSSR count). The van der Waals surface area contributed by atoms with Crippen LogP contribution in [0, 0.1) is 6.92 Å². The molecule has 0 bridgehead atoms. The molecular weight excluding hydrogens is 290 g/mol. The monoisotopic (exact) mass is 311 g/mol. The number of thiophene rings is 1. The van der Waals surface area contributed by atoms with Gasteiger partial charge in [0.15, 0.2) is 0 Å². The standard InChI is InChI=1S/C15H22ClN3S/c1-4-8-17-13(10-12-6-7-15(16)20-12)14-9-11(3)18-19(14)5-2/h6-7,9,13,17H,4-5,8,10H2,1-3H3. The Bertz CT molecular complexity index is 547. The highest BCUT2D eigenvalue weighted by atomic mass is 35.5. The SMILES string of the molecule is CCCNC(Cc1ccc(Cl)s1)c1cc(C)nn1CC. The molecule has 2 aromatic heterocycles. The van der Waals surface area contributed by atoms with Crippen molar-refractivity contribution in [3.8, 4) is 0 Å². The molecular formula is C15H22ClN3S. The molecule has 20 heavy (non-hydrogen) atoms. The van der Waals surface area contributed by atoms with E-state index in [1.54, 1.807) is 11.3 Å². The highest BCUT2D eigenvalue weighted by molar-refractivity contribution is 7.16. The normalized spacial score (nSPS) is 12.8. The quantitative estimate of drug-likeness (QED) is 0.830. The molecule has 0 saturated carbocycles. The van der Waals surface area contributed by atoms with Gasteiger partial charge >= 0.3 is 0 Å². The van der Waals surface area contributed by atoms with Crippen molar-refractivity contribution in [2.75, 3.05) is 6.54 Å². The average molecular weight is 312 g/mol. The van der Waals surface area contributed by atoms with Crippen LogP contribution in [0.5, 0.6) is 0 Å². The maximum Gasteiger partial charge on any atom is 0.0931 e. The Morgan fingerprint density at radius 3 is 2.80 bits per heavy atom.